The molecule has 0 saturated carbocycles. The number of hydrogen-bond acceptors (Lipinski definition) is 8. The quantitative estimate of drug-likeness (QED) is 0.0261. The van der Waals surface area contributed by atoms with Crippen LogP contribution in [-0.2, 0) is 14.3 Å². The lowest BCUT2D eigenvalue weighted by atomic mass is 9.99. The van der Waals surface area contributed by atoms with E-state index in [-0.39, 0.29) is 12.5 Å². The average Bonchev–Trinajstić information content (AvgIpc) is 3.37. The summed E-state index contributed by atoms with van der Waals surface area (Å²) < 4.78 is 11.3. The lowest BCUT2D eigenvalue weighted by Gasteiger charge is -2.40. The Morgan fingerprint density at radius 2 is 0.775 bits per heavy atom. The van der Waals surface area contributed by atoms with Crippen molar-refractivity contribution in [1.29, 1.82) is 0 Å². The first-order chi connectivity index (χ1) is 34.8. The van der Waals surface area contributed by atoms with E-state index in [0.29, 0.717) is 6.42 Å². The number of nitrogens with one attached hydrogen (secondary N) is 1. The standard InChI is InChI=1S/C62H121NO8/c1-3-5-7-9-11-13-15-17-19-21-23-25-26-27-28-29-30-31-32-34-36-38-40-42-44-46-48-50-52-58(66)63-55(54-70-62-61(69)60(68)59(67)57(53-64)71-62)56(65)51-49-47-45-43-41-39-37-35-33-24-22-20-18-16-14-12-10-8-6-4-2/h49,51,55-57,59-62,64-65,67-69H,3-48,50,52-54H2,1-2H3,(H,63,66)/b51-49+. The van der Waals surface area contributed by atoms with Gasteiger partial charge in [-0.15, -0.1) is 0 Å². The molecule has 0 aromatic rings. The van der Waals surface area contributed by atoms with E-state index in [2.05, 4.69) is 19.2 Å². The van der Waals surface area contributed by atoms with Gasteiger partial charge >= 0.3 is 0 Å². The van der Waals surface area contributed by atoms with Gasteiger partial charge in [0.15, 0.2) is 6.29 Å². The van der Waals surface area contributed by atoms with E-state index in [1.165, 1.54) is 263 Å². The van der Waals surface area contributed by atoms with Crippen LogP contribution in [-0.4, -0.2) is 87.5 Å². The van der Waals surface area contributed by atoms with Crippen molar-refractivity contribution in [3.05, 3.63) is 12.2 Å². The van der Waals surface area contributed by atoms with Crippen LogP contribution in [0.25, 0.3) is 0 Å². The zero-order chi connectivity index (χ0) is 51.5. The fraction of sp³-hybridized carbons (Fsp3) is 0.952. The average molecular weight is 1010 g/mol. The molecule has 6 N–H and O–H groups in total. The van der Waals surface area contributed by atoms with Crippen molar-refractivity contribution in [3.8, 4) is 0 Å². The highest BCUT2D eigenvalue weighted by Crippen LogP contribution is 2.23. The van der Waals surface area contributed by atoms with Gasteiger partial charge in [0.25, 0.3) is 0 Å². The summed E-state index contributed by atoms with van der Waals surface area (Å²) in [6, 6.07) is -0.801. The molecule has 71 heavy (non-hydrogen) atoms. The van der Waals surface area contributed by atoms with Gasteiger partial charge in [0.1, 0.15) is 24.4 Å². The number of unbranched alkanes of at least 4 members (excludes halogenated alkanes) is 45. The molecule has 1 rings (SSSR count). The zero-order valence-electron chi connectivity index (χ0n) is 47.0. The van der Waals surface area contributed by atoms with Crippen molar-refractivity contribution in [2.75, 3.05) is 13.2 Å². The molecule has 1 saturated heterocycles. The van der Waals surface area contributed by atoms with Gasteiger partial charge in [-0.2, -0.15) is 0 Å². The third kappa shape index (κ3) is 41.8. The number of allylic oxidation sites excluding steroid dienone is 1. The van der Waals surface area contributed by atoms with Crippen LogP contribution in [0.3, 0.4) is 0 Å². The second-order valence-corrected chi connectivity index (χ2v) is 22.2. The minimum Gasteiger partial charge on any atom is -0.394 e. The molecule has 7 unspecified atom stereocenters. The summed E-state index contributed by atoms with van der Waals surface area (Å²) in [5.41, 5.74) is 0. The SMILES string of the molecule is CCCCCCCCCCCCCCCCCCCC/C=C/C(O)C(COC1OC(CO)C(O)C(O)C1O)NC(=O)CCCCCCCCCCCCCCCCCCCCCCCCCCCCCC. The van der Waals surface area contributed by atoms with Crippen LogP contribution in [0.2, 0.25) is 0 Å². The lowest BCUT2D eigenvalue weighted by Crippen LogP contribution is -2.60. The number of ether oxygens (including phenoxy) is 2. The Hall–Kier alpha value is -1.07. The Morgan fingerprint density at radius 3 is 1.10 bits per heavy atom. The monoisotopic (exact) mass is 1010 g/mol. The Balaban J connectivity index is 2.15. The molecular weight excluding hydrogens is 887 g/mol. The number of aliphatic hydroxyl groups excluding tert-OH is 5. The van der Waals surface area contributed by atoms with E-state index >= 15 is 0 Å². The summed E-state index contributed by atoms with van der Waals surface area (Å²) in [7, 11) is 0. The van der Waals surface area contributed by atoms with E-state index in [9.17, 15) is 30.3 Å². The number of rotatable bonds is 55. The molecule has 1 aliphatic heterocycles. The Bertz CT molecular complexity index is 1120. The van der Waals surface area contributed by atoms with Crippen LogP contribution in [0.15, 0.2) is 12.2 Å². The molecule has 0 radical (unpaired) electrons. The third-order valence-electron chi connectivity index (χ3n) is 15.4. The Morgan fingerprint density at radius 1 is 0.465 bits per heavy atom. The summed E-state index contributed by atoms with van der Waals surface area (Å²) in [5.74, 6) is -0.168. The van der Waals surface area contributed by atoms with Gasteiger partial charge in [0.05, 0.1) is 25.4 Å². The van der Waals surface area contributed by atoms with Gasteiger partial charge in [-0.05, 0) is 19.3 Å². The van der Waals surface area contributed by atoms with Crippen LogP contribution in [0.4, 0.5) is 0 Å². The summed E-state index contributed by atoms with van der Waals surface area (Å²) in [6.45, 7) is 3.83. The van der Waals surface area contributed by atoms with Crippen LogP contribution in [0, 0.1) is 0 Å². The zero-order valence-corrected chi connectivity index (χ0v) is 47.0. The van der Waals surface area contributed by atoms with E-state index in [1.807, 2.05) is 6.08 Å². The first kappa shape index (κ1) is 67.9. The molecule has 0 spiro atoms. The largest absolute Gasteiger partial charge is 0.394 e. The van der Waals surface area contributed by atoms with E-state index < -0.39 is 49.5 Å². The Kier molecular flexibility index (Phi) is 50.1. The highest BCUT2D eigenvalue weighted by atomic mass is 16.7. The predicted molar refractivity (Wildman–Crippen MR) is 300 cm³/mol. The molecule has 0 aromatic heterocycles. The maximum Gasteiger partial charge on any atom is 0.220 e. The first-order valence-electron chi connectivity index (χ1n) is 31.4. The summed E-state index contributed by atoms with van der Waals surface area (Å²) in [5, 5.41) is 54.6. The van der Waals surface area contributed by atoms with Crippen LogP contribution < -0.4 is 5.32 Å². The Labute approximate surface area is 439 Å². The molecule has 0 aliphatic carbocycles. The summed E-state index contributed by atoms with van der Waals surface area (Å²) >= 11 is 0. The second-order valence-electron chi connectivity index (χ2n) is 22.2. The van der Waals surface area contributed by atoms with Crippen molar-refractivity contribution in [2.45, 2.75) is 365 Å². The molecule has 7 atom stereocenters. The molecule has 1 fully saturated rings. The number of aliphatic hydroxyl groups is 5. The number of hydrogen-bond donors (Lipinski definition) is 6. The molecular formula is C62H121NO8. The lowest BCUT2D eigenvalue weighted by molar-refractivity contribution is -0.302. The highest BCUT2D eigenvalue weighted by Gasteiger charge is 2.44. The van der Waals surface area contributed by atoms with Crippen LogP contribution >= 0.6 is 0 Å². The van der Waals surface area contributed by atoms with Crippen molar-refractivity contribution in [3.63, 3.8) is 0 Å². The van der Waals surface area contributed by atoms with E-state index in [1.54, 1.807) is 6.08 Å². The van der Waals surface area contributed by atoms with Gasteiger partial charge in [0.2, 0.25) is 5.91 Å². The van der Waals surface area contributed by atoms with Gasteiger partial charge in [-0.3, -0.25) is 4.79 Å². The van der Waals surface area contributed by atoms with Crippen molar-refractivity contribution in [1.82, 2.24) is 5.32 Å². The number of carbonyl (C=O) groups is 1. The molecule has 9 nitrogen and oxygen atoms in total. The number of carbonyl (C=O) groups excluding carboxylic acids is 1. The normalized spacial score (nSPS) is 19.2. The van der Waals surface area contributed by atoms with Crippen molar-refractivity contribution >= 4 is 5.91 Å². The fourth-order valence-corrected chi connectivity index (χ4v) is 10.4. The van der Waals surface area contributed by atoms with Crippen LogP contribution in [0.5, 0.6) is 0 Å². The minimum atomic E-state index is -1.56. The smallest absolute Gasteiger partial charge is 0.220 e. The third-order valence-corrected chi connectivity index (χ3v) is 15.4. The highest BCUT2D eigenvalue weighted by molar-refractivity contribution is 5.76. The molecule has 9 heteroatoms. The van der Waals surface area contributed by atoms with Gasteiger partial charge in [-0.25, -0.2) is 0 Å². The first-order valence-corrected chi connectivity index (χ1v) is 31.4. The van der Waals surface area contributed by atoms with Gasteiger partial charge < -0.3 is 40.3 Å². The van der Waals surface area contributed by atoms with E-state index in [4.69, 9.17) is 9.47 Å². The van der Waals surface area contributed by atoms with Gasteiger partial charge in [-0.1, -0.05) is 309 Å². The second kappa shape index (κ2) is 52.4. The maximum atomic E-state index is 13.1. The van der Waals surface area contributed by atoms with Crippen molar-refractivity contribution < 1.29 is 39.8 Å². The van der Waals surface area contributed by atoms with E-state index in [0.717, 1.165) is 38.5 Å². The molecule has 1 heterocycles. The molecule has 422 valence electrons. The predicted octanol–water partition coefficient (Wildman–Crippen LogP) is 16.0. The maximum absolute atomic E-state index is 13.1. The topological polar surface area (TPSA) is 149 Å². The van der Waals surface area contributed by atoms with Gasteiger partial charge in [0, 0.05) is 6.42 Å². The molecule has 0 aromatic carbocycles. The summed E-state index contributed by atoms with van der Waals surface area (Å²) in [6.07, 6.45) is 58.7. The molecule has 1 aliphatic rings. The summed E-state index contributed by atoms with van der Waals surface area (Å²) in [4.78, 5) is 13.1. The molecule has 1 amide bonds. The van der Waals surface area contributed by atoms with Crippen molar-refractivity contribution in [2.24, 2.45) is 0 Å². The molecule has 0 bridgehead atoms. The van der Waals surface area contributed by atoms with Crippen LogP contribution in [0.1, 0.15) is 322 Å². The minimum absolute atomic E-state index is 0.168. The fourth-order valence-electron chi connectivity index (χ4n) is 10.4. The number of amides is 1.